The molecule has 0 aromatic heterocycles. The summed E-state index contributed by atoms with van der Waals surface area (Å²) < 4.78 is 13.4. The summed E-state index contributed by atoms with van der Waals surface area (Å²) in [7, 11) is 1.61. The molecule has 0 aliphatic heterocycles. The first-order chi connectivity index (χ1) is 9.31. The molecule has 1 N–H and O–H groups in total. The minimum absolute atomic E-state index is 0. The van der Waals surface area contributed by atoms with Crippen LogP contribution >= 0.6 is 12.4 Å². The summed E-state index contributed by atoms with van der Waals surface area (Å²) in [5.41, 5.74) is 1.41. The Bertz CT molecular complexity index is 564. The van der Waals surface area contributed by atoms with Crippen LogP contribution in [0, 0.1) is 0 Å². The van der Waals surface area contributed by atoms with Crippen molar-refractivity contribution in [2.45, 2.75) is 0 Å². The van der Waals surface area contributed by atoms with Gasteiger partial charge < -0.3 is 9.84 Å². The molecule has 0 aliphatic carbocycles. The quantitative estimate of drug-likeness (QED) is 0.877. The molecule has 2 aromatic carbocycles. The van der Waals surface area contributed by atoms with Crippen molar-refractivity contribution >= 4 is 24.3 Å². The number of nitrogens with zero attached hydrogens (tertiary/aromatic N) is 1. The first-order valence-corrected chi connectivity index (χ1v) is 6.01. The number of para-hydroxylation sites is 3. The molecule has 0 bridgehead atoms. The van der Waals surface area contributed by atoms with Crippen molar-refractivity contribution in [2.24, 2.45) is 4.99 Å². The molecule has 0 amide bonds. The summed E-state index contributed by atoms with van der Waals surface area (Å²) in [5.74, 6) is 0.922. The van der Waals surface area contributed by atoms with E-state index in [-0.39, 0.29) is 18.2 Å². The molecule has 0 saturated carbocycles. The van der Waals surface area contributed by atoms with Crippen molar-refractivity contribution in [3.05, 3.63) is 54.1 Å². The van der Waals surface area contributed by atoms with E-state index in [9.17, 15) is 5.11 Å². The van der Waals surface area contributed by atoms with Crippen molar-refractivity contribution < 1.29 is 30.9 Å². The van der Waals surface area contributed by atoms with Crippen LogP contribution in [0.15, 0.2) is 53.5 Å². The molecular weight excluding hydrogens is 317 g/mol. The van der Waals surface area contributed by atoms with E-state index in [2.05, 4.69) is 4.99 Å². The number of phenolic OH excluding ortho intramolecular Hbond substituents is 1. The summed E-state index contributed by atoms with van der Waals surface area (Å²) in [6.45, 7) is 0. The second-order valence-corrected chi connectivity index (χ2v) is 3.49. The number of phenols is 1. The number of halogens is 1. The Morgan fingerprint density at radius 3 is 2.35 bits per heavy atom. The number of rotatable bonds is 3. The normalized spacial score (nSPS) is 9.20. The average molecular weight is 331 g/mol. The van der Waals surface area contributed by atoms with E-state index in [1.165, 1.54) is 0 Å². The Morgan fingerprint density at radius 1 is 1.10 bits per heavy atom. The van der Waals surface area contributed by atoms with Gasteiger partial charge in [-0.2, -0.15) is 0 Å². The molecule has 0 saturated heterocycles. The summed E-state index contributed by atoms with van der Waals surface area (Å²) in [4.78, 5) is 4.30. The Balaban J connectivity index is 0.00000115. The third kappa shape index (κ3) is 5.17. The van der Waals surface area contributed by atoms with Crippen LogP contribution in [0.1, 0.15) is 5.56 Å². The predicted octanol–water partition coefficient (Wildman–Crippen LogP) is 3.45. The van der Waals surface area contributed by atoms with Crippen LogP contribution in [-0.2, 0) is 21.0 Å². The molecule has 2 aromatic rings. The van der Waals surface area contributed by atoms with Gasteiger partial charge in [0.2, 0.25) is 0 Å². The zero-order chi connectivity index (χ0) is 14.1. The van der Waals surface area contributed by atoms with Crippen LogP contribution in [0.25, 0.3) is 0 Å². The van der Waals surface area contributed by atoms with Gasteiger partial charge >= 0.3 is 21.0 Å². The molecule has 2 rings (SSSR count). The Kier molecular flexibility index (Phi) is 9.38. The fraction of sp³-hybridized carbons (Fsp3) is 0.0714. The number of methoxy groups -OCH3 is 1. The van der Waals surface area contributed by atoms with Crippen molar-refractivity contribution in [3.8, 4) is 11.5 Å². The number of aromatic hydroxyl groups is 1. The van der Waals surface area contributed by atoms with Crippen molar-refractivity contribution in [2.75, 3.05) is 7.11 Å². The minimum atomic E-state index is 0. The summed E-state index contributed by atoms with van der Waals surface area (Å²) in [5, 5.41) is 9.59. The molecule has 20 heavy (non-hydrogen) atoms. The summed E-state index contributed by atoms with van der Waals surface area (Å²) >= 11 is 1.06. The number of ether oxygens (including phenoxy) is 1. The number of hydrogen-bond donors (Lipinski definition) is 1. The first-order valence-electron chi connectivity index (χ1n) is 5.44. The van der Waals surface area contributed by atoms with Gasteiger partial charge in [-0.15, -0.1) is 12.4 Å². The zero-order valence-electron chi connectivity index (χ0n) is 10.8. The van der Waals surface area contributed by atoms with Crippen molar-refractivity contribution in [1.82, 2.24) is 0 Å². The fourth-order valence-corrected chi connectivity index (χ4v) is 1.47. The first kappa shape index (κ1) is 18.4. The van der Waals surface area contributed by atoms with Crippen LogP contribution in [0.2, 0.25) is 0 Å². The predicted molar refractivity (Wildman–Crippen MR) is 76.3 cm³/mol. The molecule has 0 atom stereocenters. The molecule has 6 heteroatoms. The summed E-state index contributed by atoms with van der Waals surface area (Å²) in [6.07, 6.45) is 1.62. The molecule has 105 valence electrons. The second kappa shape index (κ2) is 10.2. The van der Waals surface area contributed by atoms with Crippen LogP contribution in [0.5, 0.6) is 11.5 Å². The van der Waals surface area contributed by atoms with Crippen molar-refractivity contribution in [3.63, 3.8) is 0 Å². The standard InChI is InChI=1S/C14H13NO2.ClH.O.V/c1-17-14-9-5-3-7-12(14)15-10-11-6-2-4-8-13(11)16;;;/h2-10,16H,1H3;1H;;. The van der Waals surface area contributed by atoms with Crippen LogP contribution in [-0.4, -0.2) is 18.4 Å². The third-order valence-corrected chi connectivity index (χ3v) is 2.36. The number of hydrogen-bond acceptors (Lipinski definition) is 4. The van der Waals surface area contributed by atoms with Gasteiger partial charge in [-0.3, -0.25) is 4.99 Å². The Morgan fingerprint density at radius 2 is 1.70 bits per heavy atom. The fourth-order valence-electron chi connectivity index (χ4n) is 1.47. The van der Waals surface area contributed by atoms with E-state index >= 15 is 0 Å². The van der Waals surface area contributed by atoms with E-state index in [0.717, 1.165) is 23.1 Å². The monoisotopic (exact) mass is 330 g/mol. The molecule has 4 nitrogen and oxygen atoms in total. The Hall–Kier alpha value is -1.62. The van der Waals surface area contributed by atoms with Crippen LogP contribution < -0.4 is 4.74 Å². The zero-order valence-corrected chi connectivity index (χ0v) is 13.0. The van der Waals surface area contributed by atoms with Gasteiger partial charge in [0, 0.05) is 11.8 Å². The van der Waals surface area contributed by atoms with Gasteiger partial charge in [-0.05, 0) is 24.3 Å². The van der Waals surface area contributed by atoms with E-state index < -0.39 is 0 Å². The maximum absolute atomic E-state index is 9.59. The Labute approximate surface area is 133 Å². The molecule has 0 radical (unpaired) electrons. The van der Waals surface area contributed by atoms with Gasteiger partial charge in [0.1, 0.15) is 17.2 Å². The molecular formula is C14H14ClNO3V. The molecule has 0 heterocycles. The van der Waals surface area contributed by atoms with Gasteiger partial charge in [0.15, 0.2) is 0 Å². The van der Waals surface area contributed by atoms with Gasteiger partial charge in [0.05, 0.1) is 7.11 Å². The van der Waals surface area contributed by atoms with Crippen molar-refractivity contribution in [1.29, 1.82) is 0 Å². The van der Waals surface area contributed by atoms with E-state index in [1.54, 1.807) is 31.5 Å². The number of benzene rings is 2. The molecule has 0 aliphatic rings. The SMILES string of the molecule is COc1ccccc1N=Cc1ccccc1O.Cl.[O]=[V]. The van der Waals surface area contributed by atoms with Gasteiger partial charge in [0.25, 0.3) is 0 Å². The maximum atomic E-state index is 9.59. The van der Waals surface area contributed by atoms with E-state index in [0.29, 0.717) is 11.3 Å². The van der Waals surface area contributed by atoms with E-state index in [4.69, 9.17) is 8.41 Å². The van der Waals surface area contributed by atoms with Crippen LogP contribution in [0.4, 0.5) is 5.69 Å². The van der Waals surface area contributed by atoms with Gasteiger partial charge in [-0.1, -0.05) is 24.3 Å². The summed E-state index contributed by atoms with van der Waals surface area (Å²) in [6, 6.07) is 14.5. The second-order valence-electron chi connectivity index (χ2n) is 3.49. The van der Waals surface area contributed by atoms with Crippen LogP contribution in [0.3, 0.4) is 0 Å². The molecule has 0 unspecified atom stereocenters. The molecule has 0 fully saturated rings. The van der Waals surface area contributed by atoms with E-state index in [1.807, 2.05) is 30.3 Å². The molecule has 0 spiro atoms. The van der Waals surface area contributed by atoms with Gasteiger partial charge in [-0.25, -0.2) is 0 Å². The average Bonchev–Trinajstić information content (AvgIpc) is 2.49. The topological polar surface area (TPSA) is 58.9 Å². The third-order valence-electron chi connectivity index (χ3n) is 2.36. The number of aliphatic imine (C=N–C) groups is 1.